The Morgan fingerprint density at radius 1 is 1.06 bits per heavy atom. The van der Waals surface area contributed by atoms with Crippen LogP contribution >= 0.6 is 23.8 Å². The molecular formula is C27H23ClN4O3S. The number of ether oxygens (including phenoxy) is 2. The molecule has 36 heavy (non-hydrogen) atoms. The third-order valence-electron chi connectivity index (χ3n) is 6.16. The van der Waals surface area contributed by atoms with Gasteiger partial charge in [-0.2, -0.15) is 0 Å². The zero-order valence-electron chi connectivity index (χ0n) is 19.6. The van der Waals surface area contributed by atoms with Gasteiger partial charge in [0.1, 0.15) is 11.8 Å². The van der Waals surface area contributed by atoms with Crippen LogP contribution < -0.4 is 15.0 Å². The van der Waals surface area contributed by atoms with Crippen LogP contribution in [0.2, 0.25) is 5.02 Å². The van der Waals surface area contributed by atoms with Gasteiger partial charge in [-0.3, -0.25) is 4.98 Å². The molecule has 0 radical (unpaired) electrons. The molecule has 3 heterocycles. The molecule has 182 valence electrons. The molecule has 0 bridgehead atoms. The fourth-order valence-electron chi connectivity index (χ4n) is 4.56. The summed E-state index contributed by atoms with van der Waals surface area (Å²) in [4.78, 5) is 19.2. The van der Waals surface area contributed by atoms with Crippen LogP contribution in [0.5, 0.6) is 5.75 Å². The monoisotopic (exact) mass is 518 g/mol. The van der Waals surface area contributed by atoms with E-state index in [0.29, 0.717) is 27.1 Å². The average Bonchev–Trinajstić information content (AvgIpc) is 3.52. The summed E-state index contributed by atoms with van der Waals surface area (Å²) in [6.45, 7) is 0. The third-order valence-corrected chi connectivity index (χ3v) is 6.77. The van der Waals surface area contributed by atoms with Crippen molar-refractivity contribution in [2.24, 2.45) is 0 Å². The molecule has 0 aliphatic carbocycles. The number of thiocarbonyl (C=S) groups is 1. The summed E-state index contributed by atoms with van der Waals surface area (Å²) < 4.78 is 12.4. The average molecular weight is 519 g/mol. The lowest BCUT2D eigenvalue weighted by Crippen LogP contribution is -2.30. The minimum atomic E-state index is -0.412. The van der Waals surface area contributed by atoms with Gasteiger partial charge < -0.3 is 24.3 Å². The molecule has 2 aromatic heterocycles. The summed E-state index contributed by atoms with van der Waals surface area (Å²) in [5.41, 5.74) is 3.70. The molecule has 2 atom stereocenters. The van der Waals surface area contributed by atoms with Crippen molar-refractivity contribution >= 4 is 40.6 Å². The highest BCUT2D eigenvalue weighted by Crippen LogP contribution is 2.43. The largest absolute Gasteiger partial charge is 0.495 e. The number of carbonyl (C=O) groups excluding carboxylic acids is 1. The van der Waals surface area contributed by atoms with E-state index >= 15 is 0 Å². The zero-order chi connectivity index (χ0) is 25.2. The first-order chi connectivity index (χ1) is 17.5. The topological polar surface area (TPSA) is 68.6 Å². The summed E-state index contributed by atoms with van der Waals surface area (Å²) in [7, 11) is 2.95. The molecule has 2 aromatic carbocycles. The van der Waals surface area contributed by atoms with Crippen LogP contribution in [0.4, 0.5) is 5.69 Å². The highest BCUT2D eigenvalue weighted by atomic mass is 35.5. The van der Waals surface area contributed by atoms with E-state index in [-0.39, 0.29) is 12.1 Å². The Hall–Kier alpha value is -3.88. The van der Waals surface area contributed by atoms with E-state index in [2.05, 4.69) is 10.3 Å². The normalized spacial score (nSPS) is 17.1. The summed E-state index contributed by atoms with van der Waals surface area (Å²) in [5.74, 6) is 0.164. The molecular weight excluding hydrogens is 496 g/mol. The van der Waals surface area contributed by atoms with Gasteiger partial charge in [-0.15, -0.1) is 0 Å². The molecule has 1 aliphatic heterocycles. The second kappa shape index (κ2) is 10.0. The summed E-state index contributed by atoms with van der Waals surface area (Å²) in [5, 5.41) is 4.46. The molecule has 9 heteroatoms. The van der Waals surface area contributed by atoms with Crippen molar-refractivity contribution in [3.8, 4) is 11.4 Å². The quantitative estimate of drug-likeness (QED) is 0.267. The number of para-hydroxylation sites is 1. The number of aromatic nitrogens is 2. The first-order valence-corrected chi connectivity index (χ1v) is 12.0. The fourth-order valence-corrected chi connectivity index (χ4v) is 5.16. The number of rotatable bonds is 6. The van der Waals surface area contributed by atoms with Crippen molar-refractivity contribution in [1.29, 1.82) is 0 Å². The van der Waals surface area contributed by atoms with Gasteiger partial charge in [-0.05, 0) is 66.8 Å². The van der Waals surface area contributed by atoms with Gasteiger partial charge in [0.15, 0.2) is 5.11 Å². The van der Waals surface area contributed by atoms with Gasteiger partial charge in [-0.1, -0.05) is 29.8 Å². The number of anilines is 1. The molecule has 1 saturated heterocycles. The van der Waals surface area contributed by atoms with E-state index in [4.69, 9.17) is 33.3 Å². The van der Waals surface area contributed by atoms with Crippen molar-refractivity contribution < 1.29 is 14.3 Å². The Morgan fingerprint density at radius 3 is 2.58 bits per heavy atom. The lowest BCUT2D eigenvalue weighted by atomic mass is 10.0. The minimum Gasteiger partial charge on any atom is -0.495 e. The lowest BCUT2D eigenvalue weighted by Gasteiger charge is -2.29. The second-order valence-electron chi connectivity index (χ2n) is 8.13. The zero-order valence-corrected chi connectivity index (χ0v) is 21.2. The number of nitrogens with one attached hydrogen (secondary N) is 1. The molecule has 1 aliphatic rings. The van der Waals surface area contributed by atoms with Gasteiger partial charge in [0.2, 0.25) is 0 Å². The van der Waals surface area contributed by atoms with Gasteiger partial charge in [0, 0.05) is 23.8 Å². The van der Waals surface area contributed by atoms with Gasteiger partial charge in [-0.25, -0.2) is 4.79 Å². The number of nitrogens with zero attached hydrogens (tertiary/aromatic N) is 3. The Bertz CT molecular complexity index is 1430. The lowest BCUT2D eigenvalue weighted by molar-refractivity contribution is 0.0600. The number of carbonyl (C=O) groups is 1. The third kappa shape index (κ3) is 4.19. The van der Waals surface area contributed by atoms with Crippen LogP contribution in [0.15, 0.2) is 85.2 Å². The maximum atomic E-state index is 12.6. The van der Waals surface area contributed by atoms with E-state index < -0.39 is 5.97 Å². The van der Waals surface area contributed by atoms with E-state index in [0.717, 1.165) is 17.1 Å². The van der Waals surface area contributed by atoms with Gasteiger partial charge in [0.05, 0.1) is 42.2 Å². The van der Waals surface area contributed by atoms with Crippen LogP contribution in [0.25, 0.3) is 5.69 Å². The number of halogens is 1. The molecule has 0 spiro atoms. The van der Waals surface area contributed by atoms with Crippen LogP contribution in [-0.4, -0.2) is 34.9 Å². The van der Waals surface area contributed by atoms with Crippen molar-refractivity contribution in [3.05, 3.63) is 107 Å². The van der Waals surface area contributed by atoms with Crippen molar-refractivity contribution in [1.82, 2.24) is 14.9 Å². The number of methoxy groups -OCH3 is 2. The second-order valence-corrected chi connectivity index (χ2v) is 8.92. The Morgan fingerprint density at radius 2 is 1.86 bits per heavy atom. The molecule has 0 saturated carbocycles. The molecule has 0 unspecified atom stereocenters. The molecule has 0 amide bonds. The predicted molar refractivity (Wildman–Crippen MR) is 143 cm³/mol. The standard InChI is InChI=1S/C27H23ClN4O3S/c1-34-23-13-12-17(16-19(23)28)32-25(24(30-27(32)36)20-9-5-6-14-29-20)22-11-7-15-31(22)21-10-4-3-8-18(21)26(33)35-2/h3-16,24-25H,1-2H3,(H,30,36)/t24-,25+/m0/s1. The van der Waals surface area contributed by atoms with Crippen LogP contribution in [0.3, 0.4) is 0 Å². The highest BCUT2D eigenvalue weighted by molar-refractivity contribution is 7.80. The number of esters is 1. The van der Waals surface area contributed by atoms with E-state index in [1.54, 1.807) is 19.4 Å². The minimum absolute atomic E-state index is 0.265. The summed E-state index contributed by atoms with van der Waals surface area (Å²) >= 11 is 12.3. The Kier molecular flexibility index (Phi) is 6.63. The maximum absolute atomic E-state index is 12.6. The highest BCUT2D eigenvalue weighted by Gasteiger charge is 2.42. The van der Waals surface area contributed by atoms with Crippen molar-refractivity contribution in [2.45, 2.75) is 12.1 Å². The number of hydrogen-bond acceptors (Lipinski definition) is 5. The van der Waals surface area contributed by atoms with Gasteiger partial charge in [0.25, 0.3) is 0 Å². The number of hydrogen-bond donors (Lipinski definition) is 1. The van der Waals surface area contributed by atoms with Gasteiger partial charge >= 0.3 is 5.97 Å². The Balaban J connectivity index is 1.69. The molecule has 4 aromatic rings. The summed E-state index contributed by atoms with van der Waals surface area (Å²) in [6, 6.07) is 22.1. The molecule has 1 fully saturated rings. The van der Waals surface area contributed by atoms with Crippen molar-refractivity contribution in [3.63, 3.8) is 0 Å². The first-order valence-electron chi connectivity index (χ1n) is 11.2. The SMILES string of the molecule is COC(=O)c1ccccc1-n1cccc1[C@@H]1[C@H](c2ccccn2)NC(=S)N1c1ccc(OC)c(Cl)c1. The van der Waals surface area contributed by atoms with Crippen LogP contribution in [0, 0.1) is 0 Å². The Labute approximate surface area is 219 Å². The molecule has 7 nitrogen and oxygen atoms in total. The van der Waals surface area contributed by atoms with Crippen molar-refractivity contribution in [2.75, 3.05) is 19.1 Å². The number of benzene rings is 2. The van der Waals surface area contributed by atoms with Crippen LogP contribution in [-0.2, 0) is 4.74 Å². The number of pyridine rings is 1. The molecule has 5 rings (SSSR count). The van der Waals surface area contributed by atoms with E-state index in [9.17, 15) is 4.79 Å². The smallest absolute Gasteiger partial charge is 0.339 e. The van der Waals surface area contributed by atoms with E-state index in [1.807, 2.05) is 82.4 Å². The maximum Gasteiger partial charge on any atom is 0.339 e. The fraction of sp³-hybridized carbons (Fsp3) is 0.148. The van der Waals surface area contributed by atoms with E-state index in [1.165, 1.54) is 7.11 Å². The summed E-state index contributed by atoms with van der Waals surface area (Å²) in [6.07, 6.45) is 3.68. The van der Waals surface area contributed by atoms with Crippen LogP contribution in [0.1, 0.15) is 33.8 Å². The molecule has 1 N–H and O–H groups in total. The predicted octanol–water partition coefficient (Wildman–Crippen LogP) is 5.50. The first kappa shape index (κ1) is 23.8.